The number of hydrogen-bond acceptors (Lipinski definition) is 7. The van der Waals surface area contributed by atoms with Crippen molar-refractivity contribution in [3.05, 3.63) is 0 Å². The molecule has 0 aliphatic heterocycles. The first-order valence-corrected chi connectivity index (χ1v) is 7.38. The zero-order valence-corrected chi connectivity index (χ0v) is 11.6. The highest BCUT2D eigenvalue weighted by Crippen LogP contribution is 2.49. The SMILES string of the molecule is CCOC(=O)C(CP(=O)(OCC)OCC)C(=O)[O-]. The fourth-order valence-electron chi connectivity index (χ4n) is 1.25. The predicted octanol–water partition coefficient (Wildman–Crippen LogP) is 0.182. The maximum absolute atomic E-state index is 12.1. The van der Waals surface area contributed by atoms with Crippen molar-refractivity contribution in [3.8, 4) is 0 Å². The van der Waals surface area contributed by atoms with E-state index in [2.05, 4.69) is 4.74 Å². The largest absolute Gasteiger partial charge is 0.549 e. The van der Waals surface area contributed by atoms with E-state index < -0.39 is 31.6 Å². The Hall–Kier alpha value is -0.910. The van der Waals surface area contributed by atoms with E-state index in [0.717, 1.165) is 0 Å². The van der Waals surface area contributed by atoms with Crippen LogP contribution in [0.4, 0.5) is 0 Å². The number of aliphatic carboxylic acids is 1. The fourth-order valence-corrected chi connectivity index (χ4v) is 3.07. The van der Waals surface area contributed by atoms with Crippen LogP contribution in [-0.4, -0.2) is 37.9 Å². The van der Waals surface area contributed by atoms with Gasteiger partial charge in [-0.1, -0.05) is 0 Å². The standard InChI is InChI=1S/C10H19O7P/c1-4-15-10(13)8(9(11)12)7-18(14,16-5-2)17-6-3/h8H,4-7H2,1-3H3,(H,11,12)/p-1. The van der Waals surface area contributed by atoms with Crippen LogP contribution < -0.4 is 5.11 Å². The maximum Gasteiger partial charge on any atom is 0.331 e. The summed E-state index contributed by atoms with van der Waals surface area (Å²) in [6.45, 7) is 4.90. The third-order valence-electron chi connectivity index (χ3n) is 1.91. The number of carbonyl (C=O) groups excluding carboxylic acids is 2. The average molecular weight is 281 g/mol. The Morgan fingerprint density at radius 2 is 1.61 bits per heavy atom. The van der Waals surface area contributed by atoms with Crippen LogP contribution in [0.1, 0.15) is 20.8 Å². The molecule has 1 atom stereocenters. The molecule has 0 aromatic carbocycles. The van der Waals surface area contributed by atoms with E-state index in [9.17, 15) is 19.3 Å². The van der Waals surface area contributed by atoms with Crippen LogP contribution in [0.25, 0.3) is 0 Å². The summed E-state index contributed by atoms with van der Waals surface area (Å²) in [6.07, 6.45) is -0.587. The molecule has 0 rings (SSSR count). The molecule has 1 unspecified atom stereocenters. The van der Waals surface area contributed by atoms with E-state index in [1.807, 2.05) is 0 Å². The van der Waals surface area contributed by atoms with E-state index in [1.54, 1.807) is 13.8 Å². The Bertz CT molecular complexity index is 318. The molecule has 0 aliphatic rings. The lowest BCUT2D eigenvalue weighted by Gasteiger charge is -2.22. The first kappa shape index (κ1) is 17.1. The molecule has 0 fully saturated rings. The summed E-state index contributed by atoms with van der Waals surface area (Å²) in [7, 11) is -3.63. The van der Waals surface area contributed by atoms with Gasteiger partial charge in [0, 0.05) is 0 Å². The summed E-state index contributed by atoms with van der Waals surface area (Å²) in [5.74, 6) is -4.32. The smallest absolute Gasteiger partial charge is 0.331 e. The summed E-state index contributed by atoms with van der Waals surface area (Å²) in [6, 6.07) is 0. The molecule has 0 amide bonds. The third kappa shape index (κ3) is 5.62. The summed E-state index contributed by atoms with van der Waals surface area (Å²) in [4.78, 5) is 22.3. The first-order valence-electron chi connectivity index (χ1n) is 5.65. The van der Waals surface area contributed by atoms with Crippen molar-refractivity contribution in [2.45, 2.75) is 20.8 Å². The van der Waals surface area contributed by atoms with Gasteiger partial charge in [-0.3, -0.25) is 9.36 Å². The minimum Gasteiger partial charge on any atom is -0.549 e. The van der Waals surface area contributed by atoms with E-state index in [1.165, 1.54) is 6.92 Å². The van der Waals surface area contributed by atoms with Crippen molar-refractivity contribution in [3.63, 3.8) is 0 Å². The number of hydrogen-bond donors (Lipinski definition) is 0. The van der Waals surface area contributed by atoms with Crippen molar-refractivity contribution in [2.24, 2.45) is 5.92 Å². The highest BCUT2D eigenvalue weighted by molar-refractivity contribution is 7.53. The number of carbonyl (C=O) groups is 2. The van der Waals surface area contributed by atoms with E-state index in [4.69, 9.17) is 9.05 Å². The third-order valence-corrected chi connectivity index (χ3v) is 4.03. The van der Waals surface area contributed by atoms with Gasteiger partial charge in [-0.15, -0.1) is 0 Å². The number of carboxylic acids is 1. The van der Waals surface area contributed by atoms with Gasteiger partial charge in [-0.25, -0.2) is 0 Å². The summed E-state index contributed by atoms with van der Waals surface area (Å²) in [5.41, 5.74) is 0. The number of carboxylic acid groups (broad SMARTS) is 1. The van der Waals surface area contributed by atoms with Crippen molar-refractivity contribution in [2.75, 3.05) is 26.0 Å². The van der Waals surface area contributed by atoms with E-state index >= 15 is 0 Å². The van der Waals surface area contributed by atoms with Gasteiger partial charge < -0.3 is 23.7 Å². The Balaban J connectivity index is 4.87. The summed E-state index contributed by atoms with van der Waals surface area (Å²) in [5, 5.41) is 10.9. The molecule has 7 nitrogen and oxygen atoms in total. The number of ether oxygens (including phenoxy) is 1. The quantitative estimate of drug-likeness (QED) is 0.337. The molecule has 8 heteroatoms. The second kappa shape index (κ2) is 8.24. The molecular weight excluding hydrogens is 263 g/mol. The number of esters is 1. The average Bonchev–Trinajstić information content (AvgIpc) is 2.26. The maximum atomic E-state index is 12.1. The molecule has 0 N–H and O–H groups in total. The van der Waals surface area contributed by atoms with Gasteiger partial charge in [-0.05, 0) is 20.8 Å². The van der Waals surface area contributed by atoms with Crippen LogP contribution in [-0.2, 0) is 27.9 Å². The van der Waals surface area contributed by atoms with E-state index in [0.29, 0.717) is 0 Å². The Labute approximate surface area is 106 Å². The van der Waals surface area contributed by atoms with Gasteiger partial charge in [0.1, 0.15) is 5.92 Å². The fraction of sp³-hybridized carbons (Fsp3) is 0.800. The van der Waals surface area contributed by atoms with Crippen molar-refractivity contribution in [1.29, 1.82) is 0 Å². The highest BCUT2D eigenvalue weighted by Gasteiger charge is 2.34. The minimum atomic E-state index is -3.63. The lowest BCUT2D eigenvalue weighted by atomic mass is 10.2. The van der Waals surface area contributed by atoms with Gasteiger partial charge in [0.2, 0.25) is 0 Å². The summed E-state index contributed by atoms with van der Waals surface area (Å²) >= 11 is 0. The molecule has 0 saturated carbocycles. The van der Waals surface area contributed by atoms with Crippen LogP contribution in [0.5, 0.6) is 0 Å². The molecule has 0 aromatic rings. The molecule has 106 valence electrons. The molecular formula is C10H18O7P-. The molecule has 0 spiro atoms. The van der Waals surface area contributed by atoms with Crippen molar-refractivity contribution < 1.29 is 33.0 Å². The first-order chi connectivity index (χ1) is 8.40. The van der Waals surface area contributed by atoms with Crippen LogP contribution in [0.3, 0.4) is 0 Å². The van der Waals surface area contributed by atoms with Crippen molar-refractivity contribution in [1.82, 2.24) is 0 Å². The highest BCUT2D eigenvalue weighted by atomic mass is 31.2. The predicted molar refractivity (Wildman–Crippen MR) is 60.9 cm³/mol. The zero-order chi connectivity index (χ0) is 14.2. The molecule has 0 aromatic heterocycles. The lowest BCUT2D eigenvalue weighted by molar-refractivity contribution is -0.310. The van der Waals surface area contributed by atoms with Crippen LogP contribution in [0.15, 0.2) is 0 Å². The van der Waals surface area contributed by atoms with E-state index in [-0.39, 0.29) is 19.8 Å². The topological polar surface area (TPSA) is 102 Å². The Kier molecular flexibility index (Phi) is 7.82. The summed E-state index contributed by atoms with van der Waals surface area (Å²) < 4.78 is 26.5. The minimum absolute atomic E-state index is 0.0240. The normalized spacial score (nSPS) is 13.1. The van der Waals surface area contributed by atoms with Crippen molar-refractivity contribution >= 4 is 19.5 Å². The molecule has 0 aliphatic carbocycles. The number of rotatable bonds is 9. The van der Waals surface area contributed by atoms with Crippen LogP contribution in [0, 0.1) is 5.92 Å². The molecule has 0 saturated heterocycles. The Morgan fingerprint density at radius 3 is 1.94 bits per heavy atom. The van der Waals surface area contributed by atoms with Gasteiger partial charge >= 0.3 is 13.6 Å². The molecule has 0 bridgehead atoms. The molecule has 18 heavy (non-hydrogen) atoms. The monoisotopic (exact) mass is 281 g/mol. The van der Waals surface area contributed by atoms with Gasteiger partial charge in [0.15, 0.2) is 0 Å². The van der Waals surface area contributed by atoms with Crippen LogP contribution >= 0.6 is 7.60 Å². The van der Waals surface area contributed by atoms with Gasteiger partial charge in [0.05, 0.1) is 32.0 Å². The second-order valence-electron chi connectivity index (χ2n) is 3.25. The zero-order valence-electron chi connectivity index (χ0n) is 10.7. The molecule has 0 heterocycles. The lowest BCUT2D eigenvalue weighted by Crippen LogP contribution is -2.39. The molecule has 0 radical (unpaired) electrons. The second-order valence-corrected chi connectivity index (χ2v) is 5.36. The van der Waals surface area contributed by atoms with Crippen LogP contribution in [0.2, 0.25) is 0 Å². The Morgan fingerprint density at radius 1 is 1.11 bits per heavy atom. The van der Waals surface area contributed by atoms with Gasteiger partial charge in [0.25, 0.3) is 0 Å². The van der Waals surface area contributed by atoms with Gasteiger partial charge in [-0.2, -0.15) is 0 Å².